The zero-order valence-corrected chi connectivity index (χ0v) is 17.0. The van der Waals surface area contributed by atoms with Gasteiger partial charge >= 0.3 is 0 Å². The molecule has 0 aromatic carbocycles. The molecule has 5 N–H and O–H groups in total. The molecule has 4 heterocycles. The lowest BCUT2D eigenvalue weighted by molar-refractivity contribution is -0.152. The summed E-state index contributed by atoms with van der Waals surface area (Å²) in [7, 11) is 1.82. The van der Waals surface area contributed by atoms with E-state index in [9.17, 15) is 15.0 Å². The van der Waals surface area contributed by atoms with Crippen LogP contribution >= 0.6 is 0 Å². The first-order valence-electron chi connectivity index (χ1n) is 10.2. The summed E-state index contributed by atoms with van der Waals surface area (Å²) in [4.78, 5) is 25.0. The Bertz CT molecular complexity index is 1140. The molecule has 0 spiro atoms. The van der Waals surface area contributed by atoms with Crippen molar-refractivity contribution in [2.45, 2.75) is 50.2 Å². The van der Waals surface area contributed by atoms with Crippen molar-refractivity contribution in [3.05, 3.63) is 29.6 Å². The lowest BCUT2D eigenvalue weighted by atomic mass is 9.97. The van der Waals surface area contributed by atoms with Gasteiger partial charge in [-0.15, -0.1) is 0 Å². The van der Waals surface area contributed by atoms with Crippen LogP contribution in [0.25, 0.3) is 11.2 Å². The van der Waals surface area contributed by atoms with E-state index in [4.69, 9.17) is 10.5 Å². The molecule has 31 heavy (non-hydrogen) atoms. The van der Waals surface area contributed by atoms with Crippen LogP contribution in [-0.2, 0) is 31.2 Å². The molecule has 0 bridgehead atoms. The van der Waals surface area contributed by atoms with Crippen LogP contribution < -0.4 is 11.1 Å². The third kappa shape index (κ3) is 3.32. The number of fused-ring (bicyclic) bond motifs is 2. The SMILES string of the molecule is Cn1nc(C(=O)N[C@@H]2CO[C@H](Cn3cnc4ncnc(N)c43)[C@@H](O)[C@H]2O)c2c1CCC2. The molecule has 5 rings (SSSR count). The highest BCUT2D eigenvalue weighted by molar-refractivity contribution is 5.94. The zero-order valence-electron chi connectivity index (χ0n) is 17.0. The van der Waals surface area contributed by atoms with E-state index in [1.807, 2.05) is 7.05 Å². The molecule has 0 saturated carbocycles. The number of nitrogen functional groups attached to an aromatic ring is 1. The van der Waals surface area contributed by atoms with Gasteiger partial charge in [-0.05, 0) is 19.3 Å². The zero-order chi connectivity index (χ0) is 21.7. The van der Waals surface area contributed by atoms with Crippen molar-refractivity contribution in [2.24, 2.45) is 7.05 Å². The largest absolute Gasteiger partial charge is 0.388 e. The Morgan fingerprint density at radius 3 is 2.97 bits per heavy atom. The summed E-state index contributed by atoms with van der Waals surface area (Å²) in [6.07, 6.45) is 2.42. The first-order valence-corrected chi connectivity index (χ1v) is 10.2. The molecule has 1 amide bonds. The van der Waals surface area contributed by atoms with Gasteiger partial charge in [0.05, 0.1) is 25.5 Å². The Balaban J connectivity index is 1.28. The number of nitrogens with two attached hydrogens (primary N) is 1. The number of hydrogen-bond donors (Lipinski definition) is 4. The highest BCUT2D eigenvalue weighted by atomic mass is 16.5. The van der Waals surface area contributed by atoms with E-state index in [2.05, 4.69) is 25.4 Å². The molecular weight excluding hydrogens is 404 g/mol. The van der Waals surface area contributed by atoms with Crippen LogP contribution in [0.4, 0.5) is 5.82 Å². The summed E-state index contributed by atoms with van der Waals surface area (Å²) in [5, 5.41) is 28.4. The topological polar surface area (TPSA) is 166 Å². The summed E-state index contributed by atoms with van der Waals surface area (Å²) in [6, 6.07) is -0.759. The number of nitrogens with zero attached hydrogens (tertiary/aromatic N) is 6. The van der Waals surface area contributed by atoms with E-state index in [1.165, 1.54) is 12.7 Å². The van der Waals surface area contributed by atoms with E-state index < -0.39 is 24.4 Å². The fourth-order valence-electron chi connectivity index (χ4n) is 4.47. The molecule has 0 radical (unpaired) electrons. The van der Waals surface area contributed by atoms with Gasteiger partial charge in [0.1, 0.15) is 30.2 Å². The predicted molar refractivity (Wildman–Crippen MR) is 108 cm³/mol. The fraction of sp³-hybridized carbons (Fsp3) is 0.526. The van der Waals surface area contributed by atoms with Crippen molar-refractivity contribution in [3.8, 4) is 0 Å². The number of rotatable bonds is 4. The molecule has 0 unspecified atom stereocenters. The Morgan fingerprint density at radius 1 is 1.29 bits per heavy atom. The Kier molecular flexibility index (Phi) is 4.84. The van der Waals surface area contributed by atoms with E-state index >= 15 is 0 Å². The first-order chi connectivity index (χ1) is 14.9. The highest BCUT2D eigenvalue weighted by Crippen LogP contribution is 2.25. The normalized spacial score (nSPS) is 25.6. The molecule has 1 aliphatic heterocycles. The molecular formula is C19H24N8O4. The van der Waals surface area contributed by atoms with Crippen LogP contribution in [0, 0.1) is 0 Å². The van der Waals surface area contributed by atoms with Crippen molar-refractivity contribution < 1.29 is 19.7 Å². The van der Waals surface area contributed by atoms with Gasteiger partial charge in [-0.2, -0.15) is 5.10 Å². The summed E-state index contributed by atoms with van der Waals surface area (Å²) in [5.74, 6) is -0.107. The smallest absolute Gasteiger partial charge is 0.272 e. The lowest BCUT2D eigenvalue weighted by Crippen LogP contribution is -2.60. The molecule has 1 fully saturated rings. The maximum Gasteiger partial charge on any atom is 0.272 e. The number of aryl methyl sites for hydroxylation is 1. The van der Waals surface area contributed by atoms with Crippen LogP contribution in [0.15, 0.2) is 12.7 Å². The second kappa shape index (κ2) is 7.55. The van der Waals surface area contributed by atoms with Crippen LogP contribution in [0.1, 0.15) is 28.2 Å². The predicted octanol–water partition coefficient (Wildman–Crippen LogP) is -1.45. The maximum absolute atomic E-state index is 12.8. The second-order valence-electron chi connectivity index (χ2n) is 8.01. The van der Waals surface area contributed by atoms with Crippen LogP contribution in [0.2, 0.25) is 0 Å². The molecule has 1 aliphatic carbocycles. The number of nitrogens with one attached hydrogen (secondary N) is 1. The van der Waals surface area contributed by atoms with Gasteiger partial charge in [0.15, 0.2) is 17.2 Å². The van der Waals surface area contributed by atoms with Gasteiger partial charge in [-0.1, -0.05) is 0 Å². The van der Waals surface area contributed by atoms with Crippen LogP contribution in [-0.4, -0.2) is 76.4 Å². The number of carbonyl (C=O) groups excluding carboxylic acids is 1. The molecule has 1 saturated heterocycles. The van der Waals surface area contributed by atoms with E-state index in [0.29, 0.717) is 16.9 Å². The monoisotopic (exact) mass is 428 g/mol. The number of anilines is 1. The number of imidazole rings is 1. The minimum absolute atomic E-state index is 0.0439. The molecule has 2 aliphatic rings. The van der Waals surface area contributed by atoms with Crippen LogP contribution in [0.5, 0.6) is 0 Å². The van der Waals surface area contributed by atoms with Gasteiger partial charge in [-0.25, -0.2) is 15.0 Å². The standard InChI is InChI=1S/C19H24N8O4/c1-26-11-4-2-3-9(11)13(25-26)19(30)24-10-6-31-12(16(29)15(10)28)5-27-8-23-18-14(27)17(20)21-7-22-18/h7-8,10,12,15-16,28-29H,2-6H2,1H3,(H,24,30)(H2,20,21,22)/t10-,12-,15+,16-/m1/s1. The summed E-state index contributed by atoms with van der Waals surface area (Å²) in [5.41, 5.74) is 9.29. The number of hydrogen-bond acceptors (Lipinski definition) is 9. The third-order valence-corrected chi connectivity index (χ3v) is 6.09. The minimum Gasteiger partial charge on any atom is -0.388 e. The van der Waals surface area contributed by atoms with E-state index in [-0.39, 0.29) is 24.9 Å². The number of aliphatic hydroxyl groups excluding tert-OH is 2. The quantitative estimate of drug-likeness (QED) is 0.389. The van der Waals surface area contributed by atoms with E-state index in [1.54, 1.807) is 9.25 Å². The Labute approximate surface area is 177 Å². The molecule has 4 atom stereocenters. The summed E-state index contributed by atoms with van der Waals surface area (Å²) < 4.78 is 9.21. The number of aliphatic hydroxyl groups is 2. The van der Waals surface area contributed by atoms with Gasteiger partial charge in [0.2, 0.25) is 0 Å². The average molecular weight is 428 g/mol. The van der Waals surface area contributed by atoms with Gasteiger partial charge in [0, 0.05) is 18.3 Å². The van der Waals surface area contributed by atoms with Crippen molar-refractivity contribution in [1.29, 1.82) is 0 Å². The highest BCUT2D eigenvalue weighted by Gasteiger charge is 2.40. The fourth-order valence-corrected chi connectivity index (χ4v) is 4.47. The third-order valence-electron chi connectivity index (χ3n) is 6.09. The van der Waals surface area contributed by atoms with E-state index in [0.717, 1.165) is 30.5 Å². The van der Waals surface area contributed by atoms with Crippen molar-refractivity contribution in [2.75, 3.05) is 12.3 Å². The van der Waals surface area contributed by atoms with Crippen molar-refractivity contribution in [1.82, 2.24) is 34.6 Å². The molecule has 3 aromatic heterocycles. The lowest BCUT2D eigenvalue weighted by Gasteiger charge is -2.38. The molecule has 3 aromatic rings. The van der Waals surface area contributed by atoms with Crippen molar-refractivity contribution in [3.63, 3.8) is 0 Å². The first kappa shape index (κ1) is 19.8. The Morgan fingerprint density at radius 2 is 2.13 bits per heavy atom. The average Bonchev–Trinajstić information content (AvgIpc) is 3.45. The van der Waals surface area contributed by atoms with Gasteiger partial charge in [0.25, 0.3) is 5.91 Å². The molecule has 164 valence electrons. The van der Waals surface area contributed by atoms with Gasteiger partial charge < -0.3 is 30.6 Å². The summed E-state index contributed by atoms with van der Waals surface area (Å²) >= 11 is 0. The summed E-state index contributed by atoms with van der Waals surface area (Å²) in [6.45, 7) is 0.239. The molecule has 12 heteroatoms. The van der Waals surface area contributed by atoms with Gasteiger partial charge in [-0.3, -0.25) is 9.48 Å². The van der Waals surface area contributed by atoms with Crippen molar-refractivity contribution >= 4 is 22.9 Å². The number of amides is 1. The number of aromatic nitrogens is 6. The van der Waals surface area contributed by atoms with Crippen LogP contribution in [0.3, 0.4) is 0 Å². The number of carbonyl (C=O) groups is 1. The maximum atomic E-state index is 12.8. The second-order valence-corrected chi connectivity index (χ2v) is 8.01. The number of ether oxygens (including phenoxy) is 1. The molecule has 12 nitrogen and oxygen atoms in total. The Hall–Kier alpha value is -3.09. The minimum atomic E-state index is -1.23.